The average molecular weight is 645 g/mol. The Balaban J connectivity index is 0.000000401. The summed E-state index contributed by atoms with van der Waals surface area (Å²) in [5, 5.41) is 22.5. The van der Waals surface area contributed by atoms with Gasteiger partial charge < -0.3 is 29.6 Å². The van der Waals surface area contributed by atoms with Crippen molar-refractivity contribution in [2.75, 3.05) is 12.3 Å². The van der Waals surface area contributed by atoms with Crippen LogP contribution in [0.1, 0.15) is 105 Å². The molecule has 2 N–H and O–H groups in total. The molecular weight excluding hydrogens is 596 g/mol. The van der Waals surface area contributed by atoms with Gasteiger partial charge >= 0.3 is 59.1 Å². The van der Waals surface area contributed by atoms with E-state index in [0.717, 1.165) is 51.4 Å². The predicted molar refractivity (Wildman–Crippen MR) is 153 cm³/mol. The number of rotatable bonds is 10. The smallest absolute Gasteiger partial charge is 0.545 e. The van der Waals surface area contributed by atoms with Crippen LogP contribution in [0.25, 0.3) is 0 Å². The first-order chi connectivity index (χ1) is 18.4. The first-order valence-electron chi connectivity index (χ1n) is 14.9. The second-order valence-electron chi connectivity index (χ2n) is 14.0. The molecule has 4 rings (SSSR count). The third-order valence-electron chi connectivity index (χ3n) is 9.39. The average Bonchev–Trinajstić information content (AvgIpc) is 3.73. The molecule has 0 aromatic heterocycles. The molecule has 0 aromatic carbocycles. The van der Waals surface area contributed by atoms with Crippen LogP contribution in [0.5, 0.6) is 0 Å². The van der Waals surface area contributed by atoms with E-state index >= 15 is 0 Å². The van der Waals surface area contributed by atoms with Crippen molar-refractivity contribution in [3.05, 3.63) is 23.3 Å². The minimum atomic E-state index is -3.44. The summed E-state index contributed by atoms with van der Waals surface area (Å²) in [5.41, 5.74) is -0.720. The number of carbonyl (C=O) groups excluding carboxylic acids is 2. The molecule has 0 spiro atoms. The van der Waals surface area contributed by atoms with Gasteiger partial charge in [-0.25, -0.2) is 0 Å². The fourth-order valence-electron chi connectivity index (χ4n) is 6.51. The summed E-state index contributed by atoms with van der Waals surface area (Å²) in [6.45, 7) is 7.79. The van der Waals surface area contributed by atoms with Gasteiger partial charge in [0.05, 0.1) is 24.3 Å². The summed E-state index contributed by atoms with van der Waals surface area (Å²) in [4.78, 5) is 42.8. The number of aliphatic carboxylic acids is 2. The van der Waals surface area contributed by atoms with Crippen molar-refractivity contribution in [1.29, 1.82) is 0 Å². The van der Waals surface area contributed by atoms with Crippen LogP contribution in [0.15, 0.2) is 23.3 Å². The molecule has 8 nitrogen and oxygen atoms in total. The minimum Gasteiger partial charge on any atom is -0.545 e. The zero-order valence-corrected chi connectivity index (χ0v) is 32.4. The molecule has 0 saturated heterocycles. The third-order valence-corrected chi connectivity index (χ3v) is 14.7. The summed E-state index contributed by atoms with van der Waals surface area (Å²) in [7, 11) is -6.88. The summed E-state index contributed by atoms with van der Waals surface area (Å²) >= 11 is 0. The van der Waals surface area contributed by atoms with Crippen LogP contribution in [0.3, 0.4) is 0 Å². The second-order valence-corrected chi connectivity index (χ2v) is 18.9. The van der Waals surface area contributed by atoms with E-state index in [1.165, 1.54) is 12.8 Å². The first kappa shape index (κ1) is 40.8. The van der Waals surface area contributed by atoms with Crippen LogP contribution in [0, 0.1) is 22.7 Å². The molecule has 42 heavy (non-hydrogen) atoms. The largest absolute Gasteiger partial charge is 1.00 e. The predicted octanol–water partition coefficient (Wildman–Crippen LogP) is -1.37. The number of carbonyl (C=O) groups is 2. The molecule has 4 unspecified atom stereocenters. The van der Waals surface area contributed by atoms with E-state index < -0.39 is 26.7 Å². The van der Waals surface area contributed by atoms with Crippen molar-refractivity contribution >= 4 is 26.7 Å². The number of carboxylic acids is 2. The summed E-state index contributed by atoms with van der Waals surface area (Å²) in [6, 6.07) is 0. The molecule has 4 atom stereocenters. The third kappa shape index (κ3) is 12.2. The van der Waals surface area contributed by atoms with Crippen LogP contribution in [0.4, 0.5) is 0 Å². The zero-order valence-electron chi connectivity index (χ0n) is 26.6. The van der Waals surface area contributed by atoms with E-state index in [-0.39, 0.29) is 117 Å². The van der Waals surface area contributed by atoms with Gasteiger partial charge in [-0.05, 0) is 72.3 Å². The SMILES string of the molecule is CC1(C)CC1P(=O)(O)C/C(=C\C1CCCCC1)C(=O)[O-].CC1(C)CC1P(=O)(O)C/C(=C\C1CCCCC1)C(=O)[O-].[Na+].[Na+]. The number of carboxylic acid groups (broad SMARTS) is 2. The van der Waals surface area contributed by atoms with Crippen LogP contribution in [-0.2, 0) is 18.7 Å². The van der Waals surface area contributed by atoms with Crippen molar-refractivity contribution in [1.82, 2.24) is 0 Å². The number of hydrogen-bond donors (Lipinski definition) is 2. The summed E-state index contributed by atoms with van der Waals surface area (Å²) in [5.74, 6) is -2.13. The number of allylic oxidation sites excluding steroid dienone is 2. The molecule has 0 heterocycles. The van der Waals surface area contributed by atoms with Crippen molar-refractivity contribution < 1.29 is 97.8 Å². The zero-order chi connectivity index (χ0) is 29.9. The summed E-state index contributed by atoms with van der Waals surface area (Å²) < 4.78 is 24.7. The Bertz CT molecular complexity index is 1020. The maximum atomic E-state index is 12.4. The fourth-order valence-corrected chi connectivity index (χ4v) is 12.1. The first-order valence-corrected chi connectivity index (χ1v) is 18.7. The quantitative estimate of drug-likeness (QED) is 0.168. The maximum absolute atomic E-state index is 12.4. The van der Waals surface area contributed by atoms with Gasteiger partial charge in [0.1, 0.15) is 0 Å². The summed E-state index contributed by atoms with van der Waals surface area (Å²) in [6.07, 6.45) is 15.0. The van der Waals surface area contributed by atoms with Crippen LogP contribution < -0.4 is 69.3 Å². The molecule has 0 aromatic rings. The molecule has 4 aliphatic carbocycles. The Morgan fingerprint density at radius 2 is 0.929 bits per heavy atom. The molecule has 228 valence electrons. The van der Waals surface area contributed by atoms with Crippen molar-refractivity contribution in [3.8, 4) is 0 Å². The van der Waals surface area contributed by atoms with Crippen LogP contribution >= 0.6 is 14.7 Å². The Hall–Kier alpha value is 0.800. The van der Waals surface area contributed by atoms with E-state index in [1.807, 2.05) is 27.7 Å². The molecule has 0 radical (unpaired) electrons. The van der Waals surface area contributed by atoms with E-state index in [0.29, 0.717) is 12.8 Å². The topological polar surface area (TPSA) is 155 Å². The van der Waals surface area contributed by atoms with Crippen LogP contribution in [-0.4, -0.2) is 45.4 Å². The van der Waals surface area contributed by atoms with Gasteiger partial charge in [0.15, 0.2) is 0 Å². The normalized spacial score (nSPS) is 28.3. The molecule has 0 bridgehead atoms. The molecule has 4 fully saturated rings. The Labute approximate surface area is 296 Å². The standard InChI is InChI=1S/2C15H25O4P.2Na/c2*1-15(2)9-13(15)20(18,19)10-12(14(16)17)8-11-6-4-3-5-7-11;;/h2*8,11,13H,3-7,9-10H2,1-2H3,(H,16,17)(H,18,19);;/q;;2*+1/p-2/b2*12-8+;;. The van der Waals surface area contributed by atoms with Gasteiger partial charge in [0.2, 0.25) is 14.7 Å². The molecule has 0 aliphatic heterocycles. The van der Waals surface area contributed by atoms with Gasteiger partial charge in [-0.3, -0.25) is 9.13 Å². The van der Waals surface area contributed by atoms with E-state index in [9.17, 15) is 38.7 Å². The maximum Gasteiger partial charge on any atom is 1.00 e. The van der Waals surface area contributed by atoms with Crippen molar-refractivity contribution in [2.24, 2.45) is 22.7 Å². The molecule has 4 saturated carbocycles. The van der Waals surface area contributed by atoms with Crippen molar-refractivity contribution in [3.63, 3.8) is 0 Å². The van der Waals surface area contributed by atoms with Gasteiger partial charge in [0.25, 0.3) is 0 Å². The second kappa shape index (κ2) is 16.6. The van der Waals surface area contributed by atoms with Gasteiger partial charge in [0, 0.05) is 11.3 Å². The Morgan fingerprint density at radius 3 is 1.14 bits per heavy atom. The van der Waals surface area contributed by atoms with Gasteiger partial charge in [-0.15, -0.1) is 0 Å². The van der Waals surface area contributed by atoms with E-state index in [4.69, 9.17) is 0 Å². The van der Waals surface area contributed by atoms with E-state index in [2.05, 4.69) is 0 Å². The Kier molecular flexibility index (Phi) is 16.1. The van der Waals surface area contributed by atoms with Gasteiger partial charge in [-0.2, -0.15) is 0 Å². The van der Waals surface area contributed by atoms with Crippen molar-refractivity contribution in [2.45, 2.75) is 116 Å². The molecule has 0 amide bonds. The van der Waals surface area contributed by atoms with E-state index in [1.54, 1.807) is 12.2 Å². The molecule has 12 heteroatoms. The monoisotopic (exact) mass is 644 g/mol. The molecule has 4 aliphatic rings. The molecular formula is C30H48Na2O8P2. The number of hydrogen-bond acceptors (Lipinski definition) is 6. The fraction of sp³-hybridized carbons (Fsp3) is 0.800. The Morgan fingerprint density at radius 1 is 0.667 bits per heavy atom. The minimum absolute atomic E-state index is 0. The van der Waals surface area contributed by atoms with Crippen LogP contribution in [0.2, 0.25) is 0 Å². The van der Waals surface area contributed by atoms with Gasteiger partial charge in [-0.1, -0.05) is 78.4 Å².